The van der Waals surface area contributed by atoms with Crippen LogP contribution in [-0.4, -0.2) is 31.3 Å². The van der Waals surface area contributed by atoms with Gasteiger partial charge in [-0.05, 0) is 18.2 Å². The normalized spacial score (nSPS) is 9.96. The summed E-state index contributed by atoms with van der Waals surface area (Å²) < 4.78 is 10.9. The fraction of sp³-hybridized carbons (Fsp3) is 0.125. The van der Waals surface area contributed by atoms with Crippen molar-refractivity contribution >= 4 is 39.3 Å². The third-order valence-electron chi connectivity index (χ3n) is 3.07. The summed E-state index contributed by atoms with van der Waals surface area (Å²) in [5.41, 5.74) is 0.596. The number of carbonyl (C=O) groups is 2. The molecule has 8 heteroatoms. The molecule has 0 aliphatic carbocycles. The maximum absolute atomic E-state index is 12.1. The molecule has 0 fully saturated rings. The third-order valence-corrected chi connectivity index (χ3v) is 3.56. The van der Waals surface area contributed by atoms with E-state index in [1.807, 2.05) is 0 Å². The summed E-state index contributed by atoms with van der Waals surface area (Å²) in [6.07, 6.45) is 0. The van der Waals surface area contributed by atoms with E-state index in [1.165, 1.54) is 26.4 Å². The lowest BCUT2D eigenvalue weighted by Crippen LogP contribution is -2.21. The average molecular weight is 395 g/mol. The van der Waals surface area contributed by atoms with Crippen molar-refractivity contribution in [2.45, 2.75) is 0 Å². The summed E-state index contributed by atoms with van der Waals surface area (Å²) in [5, 5.41) is 14.3. The molecule has 24 heavy (non-hydrogen) atoms. The first kappa shape index (κ1) is 17.6. The number of anilines is 2. The van der Waals surface area contributed by atoms with E-state index < -0.39 is 12.0 Å². The zero-order valence-electron chi connectivity index (χ0n) is 12.9. The van der Waals surface area contributed by atoms with Gasteiger partial charge < -0.3 is 25.2 Å². The first-order valence-corrected chi connectivity index (χ1v) is 7.56. The van der Waals surface area contributed by atoms with Crippen molar-refractivity contribution in [3.05, 3.63) is 46.4 Å². The molecule has 2 aromatic carbocycles. The van der Waals surface area contributed by atoms with Crippen molar-refractivity contribution in [2.24, 2.45) is 0 Å². The molecule has 2 aromatic rings. The van der Waals surface area contributed by atoms with Gasteiger partial charge >= 0.3 is 12.0 Å². The van der Waals surface area contributed by atoms with Crippen molar-refractivity contribution < 1.29 is 24.2 Å². The number of aromatic carboxylic acids is 1. The molecule has 0 bridgehead atoms. The minimum absolute atomic E-state index is 0.0252. The molecule has 0 aliphatic heterocycles. The van der Waals surface area contributed by atoms with Crippen molar-refractivity contribution in [2.75, 3.05) is 24.9 Å². The van der Waals surface area contributed by atoms with Gasteiger partial charge in [-0.1, -0.05) is 15.9 Å². The predicted molar refractivity (Wildman–Crippen MR) is 93.3 cm³/mol. The van der Waals surface area contributed by atoms with Gasteiger partial charge in [-0.25, -0.2) is 9.59 Å². The van der Waals surface area contributed by atoms with Gasteiger partial charge in [0, 0.05) is 28.4 Å². The Morgan fingerprint density at radius 1 is 1.00 bits per heavy atom. The summed E-state index contributed by atoms with van der Waals surface area (Å²) in [6, 6.07) is 8.85. The van der Waals surface area contributed by atoms with Gasteiger partial charge in [0.2, 0.25) is 0 Å². The Bertz CT molecular complexity index is 757. The number of carboxylic acids is 1. The molecule has 0 aromatic heterocycles. The number of carbonyl (C=O) groups excluding carboxylic acids is 1. The highest BCUT2D eigenvalue weighted by molar-refractivity contribution is 9.10. The SMILES string of the molecule is COc1cc(NC(=O)Nc2ccc(Br)cc2C(=O)O)cc(OC)c1. The third kappa shape index (κ3) is 4.39. The minimum atomic E-state index is -1.14. The number of methoxy groups -OCH3 is 2. The van der Waals surface area contributed by atoms with E-state index in [-0.39, 0.29) is 11.3 Å². The molecule has 0 heterocycles. The van der Waals surface area contributed by atoms with E-state index in [9.17, 15) is 14.7 Å². The van der Waals surface area contributed by atoms with Crippen LogP contribution in [-0.2, 0) is 0 Å². The zero-order valence-corrected chi connectivity index (χ0v) is 14.5. The zero-order chi connectivity index (χ0) is 17.7. The second-order valence-corrected chi connectivity index (χ2v) is 5.59. The number of hydrogen-bond donors (Lipinski definition) is 3. The smallest absolute Gasteiger partial charge is 0.337 e. The number of amides is 2. The highest BCUT2D eigenvalue weighted by atomic mass is 79.9. The topological polar surface area (TPSA) is 96.9 Å². The molecular formula is C16H15BrN2O5. The number of ether oxygens (including phenoxy) is 2. The maximum atomic E-state index is 12.1. The molecule has 0 aliphatic rings. The van der Waals surface area contributed by atoms with E-state index in [4.69, 9.17) is 9.47 Å². The molecule has 0 atom stereocenters. The molecule has 2 amide bonds. The minimum Gasteiger partial charge on any atom is -0.497 e. The van der Waals surface area contributed by atoms with Gasteiger partial charge in [-0.3, -0.25) is 0 Å². The van der Waals surface area contributed by atoms with Gasteiger partial charge in [0.1, 0.15) is 11.5 Å². The quantitative estimate of drug-likeness (QED) is 0.716. The number of benzene rings is 2. The van der Waals surface area contributed by atoms with Crippen LogP contribution >= 0.6 is 15.9 Å². The Morgan fingerprint density at radius 3 is 2.17 bits per heavy atom. The Kier molecular flexibility index (Phi) is 5.64. The summed E-state index contributed by atoms with van der Waals surface area (Å²) in [7, 11) is 3.00. The second kappa shape index (κ2) is 7.69. The van der Waals surface area contributed by atoms with Crippen LogP contribution in [0.5, 0.6) is 11.5 Å². The van der Waals surface area contributed by atoms with E-state index in [2.05, 4.69) is 26.6 Å². The highest BCUT2D eigenvalue weighted by Crippen LogP contribution is 2.26. The molecule has 0 saturated carbocycles. The highest BCUT2D eigenvalue weighted by Gasteiger charge is 2.13. The van der Waals surface area contributed by atoms with Crippen molar-refractivity contribution in [3.63, 3.8) is 0 Å². The standard InChI is InChI=1S/C16H15BrN2O5/c1-23-11-6-10(7-12(8-11)24-2)18-16(22)19-14-4-3-9(17)5-13(14)15(20)21/h3-8H,1-2H3,(H,20,21)(H2,18,19,22). The summed E-state index contributed by atoms with van der Waals surface area (Å²) in [5.74, 6) is -0.117. The number of nitrogens with one attached hydrogen (secondary N) is 2. The lowest BCUT2D eigenvalue weighted by atomic mass is 10.2. The number of carboxylic acid groups (broad SMARTS) is 1. The maximum Gasteiger partial charge on any atom is 0.337 e. The molecule has 0 unspecified atom stereocenters. The molecule has 3 N–H and O–H groups in total. The predicted octanol–water partition coefficient (Wildman–Crippen LogP) is 3.81. The van der Waals surface area contributed by atoms with Crippen LogP contribution in [0.15, 0.2) is 40.9 Å². The van der Waals surface area contributed by atoms with Crippen LogP contribution in [0.2, 0.25) is 0 Å². The van der Waals surface area contributed by atoms with Gasteiger partial charge in [0.15, 0.2) is 0 Å². The molecule has 126 valence electrons. The summed E-state index contributed by atoms with van der Waals surface area (Å²) in [6.45, 7) is 0. The largest absolute Gasteiger partial charge is 0.497 e. The molecule has 0 spiro atoms. The molecular weight excluding hydrogens is 380 g/mol. The average Bonchev–Trinajstić information content (AvgIpc) is 2.55. The van der Waals surface area contributed by atoms with E-state index in [1.54, 1.807) is 24.3 Å². The van der Waals surface area contributed by atoms with Crippen molar-refractivity contribution in [3.8, 4) is 11.5 Å². The van der Waals surface area contributed by atoms with E-state index in [0.717, 1.165) is 0 Å². The number of hydrogen-bond acceptors (Lipinski definition) is 4. The fourth-order valence-corrected chi connectivity index (χ4v) is 2.33. The number of urea groups is 1. The molecule has 0 radical (unpaired) electrons. The van der Waals surface area contributed by atoms with Crippen LogP contribution in [0.25, 0.3) is 0 Å². The number of rotatable bonds is 5. The van der Waals surface area contributed by atoms with Crippen LogP contribution in [0, 0.1) is 0 Å². The first-order valence-electron chi connectivity index (χ1n) is 6.77. The van der Waals surface area contributed by atoms with Crippen molar-refractivity contribution in [1.29, 1.82) is 0 Å². The Labute approximate surface area is 146 Å². The van der Waals surface area contributed by atoms with Gasteiger partial charge in [-0.2, -0.15) is 0 Å². The van der Waals surface area contributed by atoms with Gasteiger partial charge in [-0.15, -0.1) is 0 Å². The van der Waals surface area contributed by atoms with Gasteiger partial charge in [0.25, 0.3) is 0 Å². The summed E-state index contributed by atoms with van der Waals surface area (Å²) >= 11 is 3.20. The lowest BCUT2D eigenvalue weighted by Gasteiger charge is -2.12. The fourth-order valence-electron chi connectivity index (χ4n) is 1.97. The number of halogens is 1. The second-order valence-electron chi connectivity index (χ2n) is 4.68. The Balaban J connectivity index is 2.18. The van der Waals surface area contributed by atoms with Crippen LogP contribution in [0.4, 0.5) is 16.2 Å². The van der Waals surface area contributed by atoms with E-state index in [0.29, 0.717) is 21.7 Å². The van der Waals surface area contributed by atoms with Gasteiger partial charge in [0.05, 0.1) is 25.5 Å². The Hall–Kier alpha value is -2.74. The lowest BCUT2D eigenvalue weighted by molar-refractivity contribution is 0.0698. The molecule has 2 rings (SSSR count). The van der Waals surface area contributed by atoms with Crippen molar-refractivity contribution in [1.82, 2.24) is 0 Å². The van der Waals surface area contributed by atoms with Crippen LogP contribution in [0.3, 0.4) is 0 Å². The monoisotopic (exact) mass is 394 g/mol. The Morgan fingerprint density at radius 2 is 1.62 bits per heavy atom. The van der Waals surface area contributed by atoms with E-state index >= 15 is 0 Å². The molecule has 7 nitrogen and oxygen atoms in total. The first-order chi connectivity index (χ1) is 11.4. The molecule has 0 saturated heterocycles. The van der Waals surface area contributed by atoms with Crippen LogP contribution < -0.4 is 20.1 Å². The van der Waals surface area contributed by atoms with Crippen LogP contribution in [0.1, 0.15) is 10.4 Å². The summed E-state index contributed by atoms with van der Waals surface area (Å²) in [4.78, 5) is 23.4.